The van der Waals surface area contributed by atoms with Gasteiger partial charge in [-0.25, -0.2) is 8.42 Å². The van der Waals surface area contributed by atoms with Crippen LogP contribution in [0.2, 0.25) is 5.02 Å². The van der Waals surface area contributed by atoms with E-state index in [1.165, 1.54) is 4.90 Å². The number of hydrogen-bond acceptors (Lipinski definition) is 5. The predicted octanol–water partition coefficient (Wildman–Crippen LogP) is 2.56. The Bertz CT molecular complexity index is 885. The summed E-state index contributed by atoms with van der Waals surface area (Å²) in [6.45, 7) is 3.66. The van der Waals surface area contributed by atoms with E-state index in [0.29, 0.717) is 27.6 Å². The van der Waals surface area contributed by atoms with Gasteiger partial charge in [0.1, 0.15) is 17.0 Å². The molecule has 0 radical (unpaired) electrons. The molecule has 8 heteroatoms. The number of halogens is 1. The fourth-order valence-electron chi connectivity index (χ4n) is 2.69. The molecule has 2 aromatic rings. The molecule has 24 heavy (non-hydrogen) atoms. The molecule has 2 heterocycles. The van der Waals surface area contributed by atoms with Gasteiger partial charge in [0.2, 0.25) is 0 Å². The lowest BCUT2D eigenvalue weighted by Gasteiger charge is -2.38. The van der Waals surface area contributed by atoms with Gasteiger partial charge in [-0.15, -0.1) is 0 Å². The number of carbonyl (C=O) groups excluding carboxylic acids is 1. The molecule has 0 saturated carbocycles. The van der Waals surface area contributed by atoms with Gasteiger partial charge in [0.05, 0.1) is 10.3 Å². The largest absolute Gasteiger partial charge is 0.360 e. The van der Waals surface area contributed by atoms with Gasteiger partial charge in [-0.3, -0.25) is 4.79 Å². The van der Waals surface area contributed by atoms with Crippen LogP contribution in [0.15, 0.2) is 28.8 Å². The lowest BCUT2D eigenvalue weighted by molar-refractivity contribution is 0.0658. The van der Waals surface area contributed by atoms with Crippen LogP contribution in [0.4, 0.5) is 0 Å². The predicted molar refractivity (Wildman–Crippen MR) is 90.8 cm³/mol. The van der Waals surface area contributed by atoms with E-state index < -0.39 is 15.1 Å². The van der Waals surface area contributed by atoms with E-state index in [9.17, 15) is 13.2 Å². The topological polar surface area (TPSA) is 80.5 Å². The van der Waals surface area contributed by atoms with Gasteiger partial charge in [-0.05, 0) is 13.0 Å². The van der Waals surface area contributed by atoms with Crippen LogP contribution in [0.1, 0.15) is 23.0 Å². The highest BCUT2D eigenvalue weighted by molar-refractivity contribution is 7.92. The van der Waals surface area contributed by atoms with E-state index in [-0.39, 0.29) is 24.7 Å². The summed E-state index contributed by atoms with van der Waals surface area (Å²) in [6.07, 6.45) is 0. The van der Waals surface area contributed by atoms with Crippen LogP contribution in [0.5, 0.6) is 0 Å². The fourth-order valence-corrected chi connectivity index (χ4v) is 4.20. The number of rotatable bonds is 4. The average molecular weight is 369 g/mol. The monoisotopic (exact) mass is 368 g/mol. The summed E-state index contributed by atoms with van der Waals surface area (Å²) in [5, 5.41) is 3.94. The molecule has 1 aliphatic heterocycles. The Balaban J connectivity index is 1.88. The van der Waals surface area contributed by atoms with Crippen molar-refractivity contribution < 1.29 is 17.7 Å². The molecule has 0 spiro atoms. The van der Waals surface area contributed by atoms with Crippen molar-refractivity contribution in [2.45, 2.75) is 19.1 Å². The third-order valence-electron chi connectivity index (χ3n) is 4.25. The van der Waals surface area contributed by atoms with Gasteiger partial charge in [0, 0.05) is 24.4 Å². The van der Waals surface area contributed by atoms with Gasteiger partial charge >= 0.3 is 0 Å². The number of hydrogen-bond donors (Lipinski definition) is 0. The van der Waals surface area contributed by atoms with Crippen molar-refractivity contribution in [3.63, 3.8) is 0 Å². The molecule has 1 saturated heterocycles. The van der Waals surface area contributed by atoms with Crippen molar-refractivity contribution in [1.82, 2.24) is 10.1 Å². The summed E-state index contributed by atoms with van der Waals surface area (Å²) in [4.78, 5) is 14.3. The average Bonchev–Trinajstić information content (AvgIpc) is 2.87. The first-order valence-corrected chi connectivity index (χ1v) is 9.66. The molecule has 1 fully saturated rings. The van der Waals surface area contributed by atoms with E-state index in [0.717, 1.165) is 0 Å². The summed E-state index contributed by atoms with van der Waals surface area (Å²) in [5.74, 6) is 0.180. The van der Waals surface area contributed by atoms with E-state index in [1.807, 2.05) is 0 Å². The third kappa shape index (κ3) is 2.82. The Morgan fingerprint density at radius 2 is 2.04 bits per heavy atom. The number of benzene rings is 1. The summed E-state index contributed by atoms with van der Waals surface area (Å²) < 4.78 is 28.9. The Morgan fingerprint density at radius 1 is 1.38 bits per heavy atom. The van der Waals surface area contributed by atoms with Gasteiger partial charge in [-0.2, -0.15) is 0 Å². The van der Waals surface area contributed by atoms with Crippen LogP contribution in [0.25, 0.3) is 11.3 Å². The zero-order chi connectivity index (χ0) is 17.5. The van der Waals surface area contributed by atoms with E-state index >= 15 is 0 Å². The molecule has 1 amide bonds. The molecule has 0 N–H and O–H groups in total. The molecule has 1 aromatic heterocycles. The van der Waals surface area contributed by atoms with Crippen molar-refractivity contribution in [2.75, 3.05) is 18.8 Å². The lowest BCUT2D eigenvalue weighted by Crippen LogP contribution is -2.57. The minimum absolute atomic E-state index is 0.0802. The Morgan fingerprint density at radius 3 is 2.67 bits per heavy atom. The first-order valence-electron chi connectivity index (χ1n) is 7.57. The molecule has 3 rings (SSSR count). The second-order valence-corrected chi connectivity index (χ2v) is 8.70. The van der Waals surface area contributed by atoms with E-state index in [2.05, 4.69) is 5.16 Å². The van der Waals surface area contributed by atoms with Crippen molar-refractivity contribution in [2.24, 2.45) is 0 Å². The summed E-state index contributed by atoms with van der Waals surface area (Å²) in [7, 11) is -3.13. The molecule has 1 aromatic carbocycles. The normalized spacial score (nSPS) is 15.4. The third-order valence-corrected chi connectivity index (χ3v) is 6.70. The summed E-state index contributed by atoms with van der Waals surface area (Å²) >= 11 is 6.19. The van der Waals surface area contributed by atoms with Crippen molar-refractivity contribution >= 4 is 27.3 Å². The highest BCUT2D eigenvalue weighted by Crippen LogP contribution is 2.32. The quantitative estimate of drug-likeness (QED) is 0.828. The van der Waals surface area contributed by atoms with Crippen LogP contribution in [0.3, 0.4) is 0 Å². The minimum Gasteiger partial charge on any atom is -0.360 e. The molecule has 1 aliphatic rings. The van der Waals surface area contributed by atoms with Gasteiger partial charge < -0.3 is 9.42 Å². The molecular weight excluding hydrogens is 352 g/mol. The van der Waals surface area contributed by atoms with Gasteiger partial charge in [0.15, 0.2) is 9.84 Å². The number of amides is 1. The van der Waals surface area contributed by atoms with Crippen molar-refractivity contribution in [3.8, 4) is 11.3 Å². The number of sulfone groups is 1. The second-order valence-electron chi connectivity index (χ2n) is 5.73. The van der Waals surface area contributed by atoms with Crippen molar-refractivity contribution in [1.29, 1.82) is 0 Å². The van der Waals surface area contributed by atoms with Crippen LogP contribution in [0, 0.1) is 6.92 Å². The summed E-state index contributed by atoms with van der Waals surface area (Å²) in [5.41, 5.74) is 1.32. The number of likely N-dealkylation sites (tertiary alicyclic amines) is 1. The van der Waals surface area contributed by atoms with Gasteiger partial charge in [-0.1, -0.05) is 41.9 Å². The lowest BCUT2D eigenvalue weighted by atomic mass is 10.0. The number of aromatic nitrogens is 1. The summed E-state index contributed by atoms with van der Waals surface area (Å²) in [6, 6.07) is 7.06. The van der Waals surface area contributed by atoms with Crippen LogP contribution < -0.4 is 0 Å². The Kier molecular flexibility index (Phi) is 4.40. The van der Waals surface area contributed by atoms with Gasteiger partial charge in [0.25, 0.3) is 5.91 Å². The standard InChI is InChI=1S/C16H17ClN2O4S/c1-3-24(21,22)11-8-19(9-11)16(20)14-10(2)23-18-15(14)12-6-4-5-7-13(12)17/h4-7,11H,3,8-9H2,1-2H3. The van der Waals surface area contributed by atoms with Crippen LogP contribution in [-0.4, -0.2) is 48.5 Å². The maximum absolute atomic E-state index is 12.8. The molecule has 0 unspecified atom stereocenters. The maximum atomic E-state index is 12.8. The van der Waals surface area contributed by atoms with Crippen molar-refractivity contribution in [3.05, 3.63) is 40.6 Å². The Hall–Kier alpha value is -1.86. The number of carbonyl (C=O) groups is 1. The highest BCUT2D eigenvalue weighted by atomic mass is 35.5. The molecule has 128 valence electrons. The SMILES string of the molecule is CCS(=O)(=O)C1CN(C(=O)c2c(-c3ccccc3Cl)noc2C)C1. The zero-order valence-electron chi connectivity index (χ0n) is 13.3. The first kappa shape index (κ1) is 17.0. The highest BCUT2D eigenvalue weighted by Gasteiger charge is 2.40. The van der Waals surface area contributed by atoms with Crippen LogP contribution in [-0.2, 0) is 9.84 Å². The van der Waals surface area contributed by atoms with E-state index in [4.69, 9.17) is 16.1 Å². The zero-order valence-corrected chi connectivity index (χ0v) is 14.9. The minimum atomic E-state index is -3.13. The molecule has 0 atom stereocenters. The maximum Gasteiger partial charge on any atom is 0.259 e. The molecule has 0 bridgehead atoms. The van der Waals surface area contributed by atoms with Crippen LogP contribution >= 0.6 is 11.6 Å². The van der Waals surface area contributed by atoms with E-state index in [1.54, 1.807) is 38.1 Å². The number of aryl methyl sites for hydroxylation is 1. The number of nitrogens with zero attached hydrogens (tertiary/aromatic N) is 2. The second kappa shape index (κ2) is 6.22. The fraction of sp³-hybridized carbons (Fsp3) is 0.375. The molecule has 0 aliphatic carbocycles. The Labute approximate surface area is 145 Å². The first-order chi connectivity index (χ1) is 11.3. The smallest absolute Gasteiger partial charge is 0.259 e. The molecular formula is C16H17ClN2O4S. The molecule has 6 nitrogen and oxygen atoms in total.